The van der Waals surface area contributed by atoms with Crippen LogP contribution in [0.15, 0.2) is 0 Å². The Labute approximate surface area is 114 Å². The molecule has 4 nitrogen and oxygen atoms in total. The minimum atomic E-state index is -0.755. The number of nitrogens with zero attached hydrogens (tertiary/aromatic N) is 1. The summed E-state index contributed by atoms with van der Waals surface area (Å²) in [5.41, 5.74) is -1.36. The van der Waals surface area contributed by atoms with Crippen LogP contribution in [0.4, 0.5) is 0 Å². The maximum atomic E-state index is 12.7. The molecule has 3 rings (SSSR count). The Morgan fingerprint density at radius 1 is 1.16 bits per heavy atom. The van der Waals surface area contributed by atoms with Crippen molar-refractivity contribution in [2.45, 2.75) is 64.0 Å². The van der Waals surface area contributed by atoms with Gasteiger partial charge in [0.15, 0.2) is 0 Å². The molecule has 4 heteroatoms. The van der Waals surface area contributed by atoms with E-state index in [1.54, 1.807) is 0 Å². The van der Waals surface area contributed by atoms with Gasteiger partial charge in [-0.25, -0.2) is 0 Å². The van der Waals surface area contributed by atoms with Crippen molar-refractivity contribution in [2.75, 3.05) is 6.54 Å². The first-order chi connectivity index (χ1) is 8.85. The smallest absolute Gasteiger partial charge is 0.248 e. The number of rotatable bonds is 3. The van der Waals surface area contributed by atoms with E-state index in [0.29, 0.717) is 11.8 Å². The molecule has 1 N–H and O–H groups in total. The lowest BCUT2D eigenvalue weighted by molar-refractivity contribution is -0.163. The van der Waals surface area contributed by atoms with E-state index in [2.05, 4.69) is 5.32 Å². The minimum Gasteiger partial charge on any atom is -0.340 e. The monoisotopic (exact) mass is 264 g/mol. The van der Waals surface area contributed by atoms with Crippen LogP contribution in [-0.4, -0.2) is 34.3 Å². The van der Waals surface area contributed by atoms with Crippen molar-refractivity contribution in [3.05, 3.63) is 0 Å². The van der Waals surface area contributed by atoms with E-state index in [-0.39, 0.29) is 11.8 Å². The normalized spacial score (nSPS) is 35.0. The molecule has 0 aromatic carbocycles. The molecule has 1 saturated heterocycles. The highest BCUT2D eigenvalue weighted by molar-refractivity contribution is 6.02. The Bertz CT molecular complexity index is 424. The summed E-state index contributed by atoms with van der Waals surface area (Å²) in [6, 6.07) is 0. The Morgan fingerprint density at radius 3 is 2.26 bits per heavy atom. The van der Waals surface area contributed by atoms with Crippen molar-refractivity contribution >= 4 is 11.8 Å². The molecule has 0 aromatic heterocycles. The second-order valence-electron chi connectivity index (χ2n) is 7.21. The maximum absolute atomic E-state index is 12.7. The number of carbonyl (C=O) groups is 2. The van der Waals surface area contributed by atoms with Crippen molar-refractivity contribution in [3.8, 4) is 0 Å². The predicted molar refractivity (Wildman–Crippen MR) is 72.4 cm³/mol. The molecule has 3 fully saturated rings. The van der Waals surface area contributed by atoms with Crippen LogP contribution >= 0.6 is 0 Å². The van der Waals surface area contributed by atoms with E-state index in [1.165, 1.54) is 19.3 Å². The van der Waals surface area contributed by atoms with Crippen molar-refractivity contribution in [2.24, 2.45) is 11.8 Å². The zero-order chi connectivity index (χ0) is 13.8. The third-order valence-electron chi connectivity index (χ3n) is 5.26. The van der Waals surface area contributed by atoms with Gasteiger partial charge >= 0.3 is 0 Å². The molecule has 1 unspecified atom stereocenters. The fourth-order valence-corrected chi connectivity index (χ4v) is 3.39. The van der Waals surface area contributed by atoms with Gasteiger partial charge in [0.2, 0.25) is 11.8 Å². The van der Waals surface area contributed by atoms with Crippen LogP contribution in [-0.2, 0) is 9.59 Å². The molecule has 0 bridgehead atoms. The molecule has 2 aliphatic carbocycles. The third-order valence-corrected chi connectivity index (χ3v) is 5.26. The van der Waals surface area contributed by atoms with Crippen molar-refractivity contribution < 1.29 is 9.59 Å². The van der Waals surface area contributed by atoms with Crippen LogP contribution in [0.1, 0.15) is 52.9 Å². The number of nitrogens with one attached hydrogen (secondary N) is 1. The SMILES string of the molecule is CC1(C)NC(=O)C(C)(C2CC2)N(CC2CCC2)C1=O. The Balaban J connectivity index is 1.90. The fraction of sp³-hybridized carbons (Fsp3) is 0.867. The Kier molecular flexibility index (Phi) is 2.70. The number of hydrogen-bond acceptors (Lipinski definition) is 2. The van der Waals surface area contributed by atoms with Crippen LogP contribution in [0.3, 0.4) is 0 Å². The van der Waals surface area contributed by atoms with E-state index >= 15 is 0 Å². The summed E-state index contributed by atoms with van der Waals surface area (Å²) in [4.78, 5) is 27.2. The summed E-state index contributed by atoms with van der Waals surface area (Å²) >= 11 is 0. The Hall–Kier alpha value is -1.06. The van der Waals surface area contributed by atoms with Gasteiger partial charge in [-0.15, -0.1) is 0 Å². The van der Waals surface area contributed by atoms with Crippen LogP contribution in [0.25, 0.3) is 0 Å². The quantitative estimate of drug-likeness (QED) is 0.843. The Morgan fingerprint density at radius 2 is 1.79 bits per heavy atom. The largest absolute Gasteiger partial charge is 0.340 e. The molecule has 0 radical (unpaired) electrons. The number of hydrogen-bond donors (Lipinski definition) is 1. The predicted octanol–water partition coefficient (Wildman–Crippen LogP) is 1.69. The van der Waals surface area contributed by atoms with Gasteiger partial charge in [0.05, 0.1) is 0 Å². The third kappa shape index (κ3) is 1.87. The van der Waals surface area contributed by atoms with E-state index in [0.717, 1.165) is 19.4 Å². The molecule has 2 saturated carbocycles. The van der Waals surface area contributed by atoms with Gasteiger partial charge in [-0.3, -0.25) is 9.59 Å². The average Bonchev–Trinajstić information content (AvgIpc) is 3.07. The summed E-state index contributed by atoms with van der Waals surface area (Å²) < 4.78 is 0. The van der Waals surface area contributed by atoms with Crippen LogP contribution in [0, 0.1) is 11.8 Å². The molecule has 19 heavy (non-hydrogen) atoms. The van der Waals surface area contributed by atoms with E-state index in [9.17, 15) is 9.59 Å². The van der Waals surface area contributed by atoms with Crippen LogP contribution in [0.5, 0.6) is 0 Å². The molecule has 0 aromatic rings. The molecule has 106 valence electrons. The van der Waals surface area contributed by atoms with Gasteiger partial charge in [0.1, 0.15) is 11.1 Å². The molecule has 0 spiro atoms. The zero-order valence-corrected chi connectivity index (χ0v) is 12.2. The van der Waals surface area contributed by atoms with Gasteiger partial charge in [-0.2, -0.15) is 0 Å². The fourth-order valence-electron chi connectivity index (χ4n) is 3.39. The van der Waals surface area contributed by atoms with Gasteiger partial charge in [0, 0.05) is 6.54 Å². The van der Waals surface area contributed by atoms with Crippen LogP contribution < -0.4 is 5.32 Å². The number of carbonyl (C=O) groups excluding carboxylic acids is 2. The molecule has 2 amide bonds. The first-order valence-electron chi connectivity index (χ1n) is 7.50. The highest BCUT2D eigenvalue weighted by Gasteiger charge is 2.59. The zero-order valence-electron chi connectivity index (χ0n) is 12.2. The van der Waals surface area contributed by atoms with Crippen molar-refractivity contribution in [3.63, 3.8) is 0 Å². The van der Waals surface area contributed by atoms with Gasteiger partial charge in [-0.05, 0) is 58.3 Å². The molecular weight excluding hydrogens is 240 g/mol. The summed E-state index contributed by atoms with van der Waals surface area (Å²) in [5.74, 6) is 1.09. The highest BCUT2D eigenvalue weighted by atomic mass is 16.2. The standard InChI is InChI=1S/C15H24N2O2/c1-14(2)13(19)17(9-10-5-4-6-10)15(3,11-7-8-11)12(18)16-14/h10-11H,4-9H2,1-3H3,(H,16,18). The topological polar surface area (TPSA) is 49.4 Å². The van der Waals surface area contributed by atoms with Crippen molar-refractivity contribution in [1.29, 1.82) is 0 Å². The lowest BCUT2D eigenvalue weighted by Crippen LogP contribution is -2.74. The first-order valence-corrected chi connectivity index (χ1v) is 7.50. The first kappa shape index (κ1) is 12.9. The van der Waals surface area contributed by atoms with Gasteiger partial charge in [0.25, 0.3) is 0 Å². The summed E-state index contributed by atoms with van der Waals surface area (Å²) in [7, 11) is 0. The van der Waals surface area contributed by atoms with E-state index in [4.69, 9.17) is 0 Å². The molecular formula is C15H24N2O2. The second kappa shape index (κ2) is 3.97. The van der Waals surface area contributed by atoms with Gasteiger partial charge in [-0.1, -0.05) is 6.42 Å². The highest BCUT2D eigenvalue weighted by Crippen LogP contribution is 2.46. The van der Waals surface area contributed by atoms with Crippen molar-refractivity contribution in [1.82, 2.24) is 10.2 Å². The average molecular weight is 264 g/mol. The lowest BCUT2D eigenvalue weighted by Gasteiger charge is -2.51. The van der Waals surface area contributed by atoms with Crippen LogP contribution in [0.2, 0.25) is 0 Å². The van der Waals surface area contributed by atoms with Gasteiger partial charge < -0.3 is 10.2 Å². The van der Waals surface area contributed by atoms with E-state index < -0.39 is 11.1 Å². The maximum Gasteiger partial charge on any atom is 0.248 e. The summed E-state index contributed by atoms with van der Waals surface area (Å²) in [6.45, 7) is 6.36. The molecule has 1 aliphatic heterocycles. The number of piperazine rings is 1. The number of amides is 2. The van der Waals surface area contributed by atoms with E-state index in [1.807, 2.05) is 25.7 Å². The summed E-state index contributed by atoms with van der Waals surface area (Å²) in [6.07, 6.45) is 5.80. The molecule has 1 atom stereocenters. The molecule has 3 aliphatic rings. The molecule has 1 heterocycles. The lowest BCUT2D eigenvalue weighted by atomic mass is 9.80. The summed E-state index contributed by atoms with van der Waals surface area (Å²) in [5, 5.41) is 2.93. The minimum absolute atomic E-state index is 0.0407. The second-order valence-corrected chi connectivity index (χ2v) is 7.21.